The molecule has 6 nitrogen and oxygen atoms in total. The molecule has 0 aliphatic carbocycles. The predicted octanol–water partition coefficient (Wildman–Crippen LogP) is -0.478. The summed E-state index contributed by atoms with van der Waals surface area (Å²) in [6.45, 7) is 2.51. The van der Waals surface area contributed by atoms with Crippen LogP contribution in [0.1, 0.15) is 13.3 Å². The van der Waals surface area contributed by atoms with Crippen molar-refractivity contribution in [2.24, 2.45) is 16.8 Å². The van der Waals surface area contributed by atoms with Crippen molar-refractivity contribution in [3.63, 3.8) is 0 Å². The van der Waals surface area contributed by atoms with E-state index in [1.165, 1.54) is 7.11 Å². The number of amidine groups is 1. The van der Waals surface area contributed by atoms with E-state index in [1.54, 1.807) is 6.92 Å². The van der Waals surface area contributed by atoms with Gasteiger partial charge in [0.05, 0.1) is 6.61 Å². The zero-order chi connectivity index (χ0) is 11.0. The summed E-state index contributed by atoms with van der Waals surface area (Å²) in [4.78, 5) is 11.1. The number of carbonyl (C=O) groups is 1. The van der Waals surface area contributed by atoms with E-state index in [9.17, 15) is 4.79 Å². The van der Waals surface area contributed by atoms with E-state index in [-0.39, 0.29) is 17.7 Å². The molecular formula is C8H17N3O3. The van der Waals surface area contributed by atoms with Crippen LogP contribution in [0.3, 0.4) is 0 Å². The Labute approximate surface area is 83.1 Å². The van der Waals surface area contributed by atoms with Gasteiger partial charge >= 0.3 is 0 Å². The normalized spacial score (nSPS) is 13.7. The summed E-state index contributed by atoms with van der Waals surface area (Å²) in [6.07, 6.45) is 0.319. The average molecular weight is 203 g/mol. The molecule has 0 radical (unpaired) electrons. The number of methoxy groups -OCH3 is 1. The van der Waals surface area contributed by atoms with Crippen LogP contribution < -0.4 is 11.1 Å². The monoisotopic (exact) mass is 203 g/mol. The van der Waals surface area contributed by atoms with Crippen LogP contribution in [0.25, 0.3) is 0 Å². The predicted molar refractivity (Wildman–Crippen MR) is 52.1 cm³/mol. The van der Waals surface area contributed by atoms with Crippen molar-refractivity contribution < 1.29 is 14.7 Å². The van der Waals surface area contributed by atoms with Crippen LogP contribution in [-0.4, -0.2) is 37.2 Å². The number of carbonyl (C=O) groups excluding carboxylic acids is 1. The number of amides is 1. The maximum Gasteiger partial charge on any atom is 0.222 e. The molecule has 0 bridgehead atoms. The molecule has 14 heavy (non-hydrogen) atoms. The van der Waals surface area contributed by atoms with Crippen LogP contribution in [0.15, 0.2) is 5.16 Å². The maximum absolute atomic E-state index is 11.1. The Balaban J connectivity index is 3.66. The average Bonchev–Trinajstić information content (AvgIpc) is 2.21. The van der Waals surface area contributed by atoms with Gasteiger partial charge in [-0.3, -0.25) is 4.79 Å². The topological polar surface area (TPSA) is 96.9 Å². The van der Waals surface area contributed by atoms with Gasteiger partial charge in [0.1, 0.15) is 5.84 Å². The SMILES string of the molecule is COCCC(=O)NCC(C)C(N)=NO. The minimum Gasteiger partial charge on any atom is -0.409 e. The molecule has 0 aromatic rings. The lowest BCUT2D eigenvalue weighted by atomic mass is 10.1. The van der Waals surface area contributed by atoms with Gasteiger partial charge in [-0.2, -0.15) is 0 Å². The largest absolute Gasteiger partial charge is 0.409 e. The van der Waals surface area contributed by atoms with Crippen molar-refractivity contribution in [2.45, 2.75) is 13.3 Å². The first-order chi connectivity index (χ1) is 6.61. The van der Waals surface area contributed by atoms with E-state index in [4.69, 9.17) is 15.7 Å². The molecule has 0 aliphatic rings. The van der Waals surface area contributed by atoms with Crippen LogP contribution in [0, 0.1) is 5.92 Å². The van der Waals surface area contributed by atoms with E-state index in [0.29, 0.717) is 19.6 Å². The Hall–Kier alpha value is -1.30. The first-order valence-corrected chi connectivity index (χ1v) is 4.34. The van der Waals surface area contributed by atoms with Crippen LogP contribution in [0.5, 0.6) is 0 Å². The lowest BCUT2D eigenvalue weighted by Gasteiger charge is -2.10. The van der Waals surface area contributed by atoms with Gasteiger partial charge in [-0.1, -0.05) is 12.1 Å². The van der Waals surface area contributed by atoms with E-state index in [2.05, 4.69) is 10.5 Å². The molecule has 0 aromatic carbocycles. The molecule has 4 N–H and O–H groups in total. The Morgan fingerprint density at radius 3 is 2.86 bits per heavy atom. The second kappa shape index (κ2) is 7.14. The Kier molecular flexibility index (Phi) is 6.47. The minimum atomic E-state index is -0.175. The number of hydrogen-bond donors (Lipinski definition) is 3. The molecule has 1 atom stereocenters. The highest BCUT2D eigenvalue weighted by atomic mass is 16.5. The Morgan fingerprint density at radius 2 is 2.36 bits per heavy atom. The summed E-state index contributed by atoms with van der Waals surface area (Å²) in [7, 11) is 1.53. The van der Waals surface area contributed by atoms with Crippen molar-refractivity contribution in [1.82, 2.24) is 5.32 Å². The van der Waals surface area contributed by atoms with E-state index in [1.807, 2.05) is 0 Å². The maximum atomic E-state index is 11.1. The van der Waals surface area contributed by atoms with Gasteiger partial charge in [0, 0.05) is 26.0 Å². The summed E-state index contributed by atoms with van der Waals surface area (Å²) in [6, 6.07) is 0. The van der Waals surface area contributed by atoms with Gasteiger partial charge in [-0.15, -0.1) is 0 Å². The number of ether oxygens (including phenoxy) is 1. The summed E-state index contributed by atoms with van der Waals surface area (Å²) in [5, 5.41) is 13.8. The fraction of sp³-hybridized carbons (Fsp3) is 0.750. The van der Waals surface area contributed by atoms with Crippen LogP contribution >= 0.6 is 0 Å². The number of rotatable bonds is 6. The second-order valence-electron chi connectivity index (χ2n) is 2.97. The molecule has 82 valence electrons. The summed E-state index contributed by atoms with van der Waals surface area (Å²) in [5.41, 5.74) is 5.33. The highest BCUT2D eigenvalue weighted by Crippen LogP contribution is 1.92. The first kappa shape index (κ1) is 12.7. The fourth-order valence-electron chi connectivity index (χ4n) is 0.753. The number of nitrogens with zero attached hydrogens (tertiary/aromatic N) is 1. The van der Waals surface area contributed by atoms with Gasteiger partial charge in [-0.25, -0.2) is 0 Å². The summed E-state index contributed by atoms with van der Waals surface area (Å²) < 4.78 is 4.74. The quantitative estimate of drug-likeness (QED) is 0.235. The van der Waals surface area contributed by atoms with Crippen molar-refractivity contribution in [3.8, 4) is 0 Å². The molecule has 0 heterocycles. The molecule has 0 aliphatic heterocycles. The smallest absolute Gasteiger partial charge is 0.222 e. The zero-order valence-electron chi connectivity index (χ0n) is 8.49. The minimum absolute atomic E-state index is 0.107. The fourth-order valence-corrected chi connectivity index (χ4v) is 0.753. The van der Waals surface area contributed by atoms with E-state index < -0.39 is 0 Å². The van der Waals surface area contributed by atoms with Gasteiger partial charge in [-0.05, 0) is 0 Å². The van der Waals surface area contributed by atoms with Gasteiger partial charge in [0.25, 0.3) is 0 Å². The number of hydrogen-bond acceptors (Lipinski definition) is 4. The third-order valence-corrected chi connectivity index (χ3v) is 1.76. The zero-order valence-corrected chi connectivity index (χ0v) is 8.49. The summed E-state index contributed by atoms with van der Waals surface area (Å²) >= 11 is 0. The highest BCUT2D eigenvalue weighted by Gasteiger charge is 2.08. The second-order valence-corrected chi connectivity index (χ2v) is 2.97. The van der Waals surface area contributed by atoms with Crippen LogP contribution in [0.2, 0.25) is 0 Å². The number of oxime groups is 1. The van der Waals surface area contributed by atoms with Crippen molar-refractivity contribution in [2.75, 3.05) is 20.3 Å². The highest BCUT2D eigenvalue weighted by molar-refractivity contribution is 5.83. The number of nitrogens with one attached hydrogen (secondary N) is 1. The van der Waals surface area contributed by atoms with Crippen LogP contribution in [0.4, 0.5) is 0 Å². The molecular weight excluding hydrogens is 186 g/mol. The molecule has 0 fully saturated rings. The van der Waals surface area contributed by atoms with Crippen molar-refractivity contribution in [3.05, 3.63) is 0 Å². The van der Waals surface area contributed by atoms with Crippen molar-refractivity contribution in [1.29, 1.82) is 0 Å². The molecule has 1 unspecified atom stereocenters. The Morgan fingerprint density at radius 1 is 1.71 bits per heavy atom. The molecule has 0 spiro atoms. The van der Waals surface area contributed by atoms with Crippen molar-refractivity contribution >= 4 is 11.7 Å². The molecule has 0 saturated heterocycles. The third-order valence-electron chi connectivity index (χ3n) is 1.76. The van der Waals surface area contributed by atoms with Crippen LogP contribution in [-0.2, 0) is 9.53 Å². The Bertz CT molecular complexity index is 206. The third kappa shape index (κ3) is 5.36. The van der Waals surface area contributed by atoms with Gasteiger partial charge in [0.2, 0.25) is 5.91 Å². The molecule has 1 amide bonds. The molecule has 0 saturated carbocycles. The summed E-state index contributed by atoms with van der Waals surface area (Å²) in [5.74, 6) is -0.173. The molecule has 0 rings (SSSR count). The van der Waals surface area contributed by atoms with E-state index >= 15 is 0 Å². The number of nitrogens with two attached hydrogens (primary N) is 1. The standard InChI is InChI=1S/C8H17N3O3/c1-6(8(9)11-13)5-10-7(12)3-4-14-2/h6,13H,3-5H2,1-2H3,(H2,9,11)(H,10,12). The molecule has 6 heteroatoms. The lowest BCUT2D eigenvalue weighted by molar-refractivity contribution is -0.122. The first-order valence-electron chi connectivity index (χ1n) is 4.34. The lowest BCUT2D eigenvalue weighted by Crippen LogP contribution is -2.34. The van der Waals surface area contributed by atoms with E-state index in [0.717, 1.165) is 0 Å². The van der Waals surface area contributed by atoms with Gasteiger partial charge in [0.15, 0.2) is 0 Å². The molecule has 0 aromatic heterocycles. The van der Waals surface area contributed by atoms with Gasteiger partial charge < -0.3 is 21.0 Å².